The van der Waals surface area contributed by atoms with E-state index in [1.54, 1.807) is 0 Å². The standard InChI is InChI=1S/C38H58O8/c1-21(11-15-31-25(5)29-13-9-23(3)27-17-19-35(7)41-33(39-31)37(27,29)45-43-35)22(2)12-16-32-26(6)30-14-10-24(4)28-18-20-36(8)42-34(40-32)38(28,30)46-44-36/h23-34H,1-2,9-20H2,3-8H3/t23-,24-,25-,26-,27+,28+,29+,30+,31-,32-,33-,34-,35+,36+,37-,38-/m1/s1. The topological polar surface area (TPSA) is 73.8 Å². The fraction of sp³-hybridized carbons (Fsp3) is 0.895. The highest BCUT2D eigenvalue weighted by Gasteiger charge is 2.70. The normalized spacial score (nSPS) is 55.5. The first kappa shape index (κ1) is 32.4. The second-order valence-electron chi connectivity index (χ2n) is 17.2. The highest BCUT2D eigenvalue weighted by Crippen LogP contribution is 2.62. The Hall–Kier alpha value is -0.840. The molecule has 0 N–H and O–H groups in total. The molecule has 8 heterocycles. The first-order chi connectivity index (χ1) is 21.9. The summed E-state index contributed by atoms with van der Waals surface area (Å²) in [6, 6.07) is 0. The summed E-state index contributed by atoms with van der Waals surface area (Å²) in [5.74, 6) is 1.82. The molecule has 16 atom stereocenters. The zero-order valence-corrected chi connectivity index (χ0v) is 29.1. The Morgan fingerprint density at radius 3 is 1.39 bits per heavy atom. The van der Waals surface area contributed by atoms with Gasteiger partial charge in [-0.05, 0) is 114 Å². The van der Waals surface area contributed by atoms with E-state index in [1.807, 2.05) is 13.8 Å². The largest absolute Gasteiger partial charge is 0.346 e. The highest BCUT2D eigenvalue weighted by atomic mass is 17.3. The van der Waals surface area contributed by atoms with Crippen LogP contribution < -0.4 is 0 Å². The van der Waals surface area contributed by atoms with Crippen LogP contribution in [-0.2, 0) is 38.5 Å². The molecule has 8 aliphatic heterocycles. The van der Waals surface area contributed by atoms with Gasteiger partial charge in [0.05, 0.1) is 12.2 Å². The van der Waals surface area contributed by atoms with Crippen molar-refractivity contribution in [3.8, 4) is 0 Å². The van der Waals surface area contributed by atoms with Crippen molar-refractivity contribution in [1.82, 2.24) is 0 Å². The quantitative estimate of drug-likeness (QED) is 0.204. The maximum Gasteiger partial charge on any atom is 0.201 e. The van der Waals surface area contributed by atoms with Gasteiger partial charge < -0.3 is 18.9 Å². The molecular weight excluding hydrogens is 584 g/mol. The van der Waals surface area contributed by atoms with Crippen LogP contribution in [-0.4, -0.2) is 47.6 Å². The monoisotopic (exact) mass is 642 g/mol. The minimum Gasteiger partial charge on any atom is -0.346 e. The van der Waals surface area contributed by atoms with Crippen LogP contribution in [0.5, 0.6) is 0 Å². The summed E-state index contributed by atoms with van der Waals surface area (Å²) in [5.41, 5.74) is 1.21. The summed E-state index contributed by atoms with van der Waals surface area (Å²) >= 11 is 0. The molecule has 2 saturated carbocycles. The van der Waals surface area contributed by atoms with Gasteiger partial charge in [-0.25, -0.2) is 19.6 Å². The van der Waals surface area contributed by atoms with E-state index in [0.717, 1.165) is 75.4 Å². The van der Waals surface area contributed by atoms with Crippen molar-refractivity contribution in [1.29, 1.82) is 0 Å². The van der Waals surface area contributed by atoms with Gasteiger partial charge in [0.2, 0.25) is 11.6 Å². The number of hydrogen-bond donors (Lipinski definition) is 0. The number of fused-ring (bicyclic) bond motifs is 4. The lowest BCUT2D eigenvalue weighted by molar-refractivity contribution is -0.571. The van der Waals surface area contributed by atoms with Crippen molar-refractivity contribution in [3.63, 3.8) is 0 Å². The molecule has 8 saturated heterocycles. The van der Waals surface area contributed by atoms with E-state index < -0.39 is 35.4 Å². The van der Waals surface area contributed by atoms with Crippen LogP contribution in [0.25, 0.3) is 0 Å². The fourth-order valence-corrected chi connectivity index (χ4v) is 11.6. The molecule has 8 nitrogen and oxygen atoms in total. The van der Waals surface area contributed by atoms with Crippen molar-refractivity contribution in [2.75, 3.05) is 0 Å². The summed E-state index contributed by atoms with van der Waals surface area (Å²) < 4.78 is 26.8. The molecule has 0 aromatic heterocycles. The van der Waals surface area contributed by atoms with Gasteiger partial charge in [-0.2, -0.15) is 0 Å². The lowest BCUT2D eigenvalue weighted by Gasteiger charge is -2.60. The van der Waals surface area contributed by atoms with Crippen LogP contribution in [0, 0.1) is 47.3 Å². The average Bonchev–Trinajstić information content (AvgIpc) is 3.40. The van der Waals surface area contributed by atoms with Gasteiger partial charge in [-0.3, -0.25) is 0 Å². The van der Waals surface area contributed by atoms with Crippen LogP contribution in [0.2, 0.25) is 0 Å². The highest BCUT2D eigenvalue weighted by molar-refractivity contribution is 5.25. The molecule has 4 bridgehead atoms. The fourth-order valence-electron chi connectivity index (χ4n) is 11.6. The van der Waals surface area contributed by atoms with E-state index in [9.17, 15) is 0 Å². The molecule has 0 unspecified atom stereocenters. The molecule has 258 valence electrons. The van der Waals surface area contributed by atoms with Crippen LogP contribution in [0.15, 0.2) is 24.3 Å². The van der Waals surface area contributed by atoms with Gasteiger partial charge in [0.25, 0.3) is 0 Å². The lowest BCUT2D eigenvalue weighted by atomic mass is 9.57. The number of rotatable bonds is 7. The summed E-state index contributed by atoms with van der Waals surface area (Å²) in [6.45, 7) is 22.4. The van der Waals surface area contributed by atoms with Crippen LogP contribution in [0.3, 0.4) is 0 Å². The minimum atomic E-state index is -0.743. The predicted molar refractivity (Wildman–Crippen MR) is 170 cm³/mol. The van der Waals surface area contributed by atoms with E-state index in [2.05, 4.69) is 40.9 Å². The number of ether oxygens (including phenoxy) is 4. The van der Waals surface area contributed by atoms with Crippen LogP contribution in [0.1, 0.15) is 119 Å². The summed E-state index contributed by atoms with van der Waals surface area (Å²) in [7, 11) is 0. The Bertz CT molecular complexity index is 1130. The molecule has 0 amide bonds. The third-order valence-corrected chi connectivity index (χ3v) is 14.6. The van der Waals surface area contributed by atoms with Gasteiger partial charge >= 0.3 is 0 Å². The molecule has 10 fully saturated rings. The molecule has 8 heteroatoms. The first-order valence-electron chi connectivity index (χ1n) is 18.7. The Morgan fingerprint density at radius 1 is 0.565 bits per heavy atom. The van der Waals surface area contributed by atoms with Crippen molar-refractivity contribution in [3.05, 3.63) is 24.3 Å². The van der Waals surface area contributed by atoms with Gasteiger partial charge in [0, 0.05) is 24.7 Å². The lowest BCUT2D eigenvalue weighted by Crippen LogP contribution is -2.70. The Labute approximate surface area is 276 Å². The zero-order valence-electron chi connectivity index (χ0n) is 29.1. The van der Waals surface area contributed by atoms with Gasteiger partial charge in [-0.15, -0.1) is 0 Å². The summed E-state index contributed by atoms with van der Waals surface area (Å²) in [5, 5.41) is 0. The molecule has 0 aromatic carbocycles. The van der Waals surface area contributed by atoms with Gasteiger partial charge in [-0.1, -0.05) is 52.0 Å². The first-order valence-corrected chi connectivity index (χ1v) is 18.7. The second-order valence-corrected chi connectivity index (χ2v) is 17.2. The maximum absolute atomic E-state index is 6.84. The molecule has 0 aromatic rings. The third-order valence-electron chi connectivity index (χ3n) is 14.6. The molecule has 46 heavy (non-hydrogen) atoms. The van der Waals surface area contributed by atoms with Crippen LogP contribution in [0.4, 0.5) is 0 Å². The smallest absolute Gasteiger partial charge is 0.201 e. The summed E-state index contributed by atoms with van der Waals surface area (Å²) in [6.07, 6.45) is 11.4. The van der Waals surface area contributed by atoms with Crippen molar-refractivity contribution < 1.29 is 38.5 Å². The van der Waals surface area contributed by atoms with Gasteiger partial charge in [0.15, 0.2) is 23.8 Å². The molecule has 10 aliphatic rings. The molecule has 0 radical (unpaired) electrons. The Morgan fingerprint density at radius 2 is 0.978 bits per heavy atom. The van der Waals surface area contributed by atoms with E-state index in [4.69, 9.17) is 38.5 Å². The Kier molecular flexibility index (Phi) is 7.98. The third kappa shape index (κ3) is 4.74. The molecule has 2 spiro atoms. The van der Waals surface area contributed by atoms with E-state index >= 15 is 0 Å². The SMILES string of the molecule is C=C(CC[C@H]1O[C@@H]2O[C@]3(C)CC[C@H]4[C@H](C)CC[C@@H]([C@H]1C)[C@@]24OO3)C(=C)CC[C@H]1O[C@@H]2O[C@]3(C)CC[C@H]4[C@H](C)CC[C@@H]([C@H]1C)[C@@]24OO3. The molecule has 2 aliphatic carbocycles. The van der Waals surface area contributed by atoms with E-state index in [0.29, 0.717) is 47.3 Å². The second kappa shape index (κ2) is 11.3. The van der Waals surface area contributed by atoms with Crippen molar-refractivity contribution in [2.45, 2.75) is 166 Å². The maximum atomic E-state index is 6.84. The molecular formula is C38H58O8. The van der Waals surface area contributed by atoms with Crippen molar-refractivity contribution in [2.24, 2.45) is 47.3 Å². The summed E-state index contributed by atoms with van der Waals surface area (Å²) in [4.78, 5) is 24.7. The number of allylic oxidation sites excluding steroid dienone is 2. The average molecular weight is 643 g/mol. The van der Waals surface area contributed by atoms with E-state index in [1.165, 1.54) is 12.8 Å². The minimum absolute atomic E-state index is 0.0803. The molecule has 10 rings (SSSR count). The predicted octanol–water partition coefficient (Wildman–Crippen LogP) is 8.16. The van der Waals surface area contributed by atoms with Crippen molar-refractivity contribution >= 4 is 0 Å². The van der Waals surface area contributed by atoms with Gasteiger partial charge in [0.1, 0.15) is 0 Å². The van der Waals surface area contributed by atoms with Crippen LogP contribution >= 0.6 is 0 Å². The zero-order chi connectivity index (χ0) is 32.2. The van der Waals surface area contributed by atoms with E-state index in [-0.39, 0.29) is 12.2 Å². The Balaban J connectivity index is 0.902. The number of hydrogen-bond acceptors (Lipinski definition) is 8.